The lowest BCUT2D eigenvalue weighted by molar-refractivity contribution is -0.112. The second-order valence-corrected chi connectivity index (χ2v) is 9.05. The van der Waals surface area contributed by atoms with Crippen molar-refractivity contribution in [1.29, 1.82) is 5.26 Å². The first kappa shape index (κ1) is 24.8. The maximum absolute atomic E-state index is 12.7. The van der Waals surface area contributed by atoms with Crippen molar-refractivity contribution in [2.24, 2.45) is 0 Å². The van der Waals surface area contributed by atoms with Crippen LogP contribution < -0.4 is 14.8 Å². The number of nitrogens with zero attached hydrogens (tertiary/aromatic N) is 1. The molecule has 0 bridgehead atoms. The Hall–Kier alpha value is -2.83. The van der Waals surface area contributed by atoms with Gasteiger partial charge in [0.05, 0.1) is 13.7 Å². The van der Waals surface area contributed by atoms with Gasteiger partial charge in [-0.15, -0.1) is 0 Å². The first-order chi connectivity index (χ1) is 15.9. The molecule has 0 atom stereocenters. The molecule has 33 heavy (non-hydrogen) atoms. The van der Waals surface area contributed by atoms with Gasteiger partial charge in [0.2, 0.25) is 0 Å². The van der Waals surface area contributed by atoms with Gasteiger partial charge >= 0.3 is 0 Å². The van der Waals surface area contributed by atoms with Gasteiger partial charge in [-0.25, -0.2) is 0 Å². The minimum Gasteiger partial charge on any atom is -0.496 e. The zero-order valence-corrected chi connectivity index (χ0v) is 21.9. The highest BCUT2D eigenvalue weighted by Gasteiger charge is 2.14. The molecular formula is C26H22BrIN2O3. The van der Waals surface area contributed by atoms with Crippen molar-refractivity contribution in [3.63, 3.8) is 0 Å². The highest BCUT2D eigenvalue weighted by atomic mass is 127. The largest absolute Gasteiger partial charge is 0.496 e. The fraction of sp³-hybridized carbons (Fsp3) is 0.154. The second kappa shape index (κ2) is 11.9. The number of carbonyl (C=O) groups excluding carboxylic acids is 1. The first-order valence-electron chi connectivity index (χ1n) is 10.2. The number of benzene rings is 3. The van der Waals surface area contributed by atoms with Gasteiger partial charge in [0.15, 0.2) is 0 Å². The highest BCUT2D eigenvalue weighted by Crippen LogP contribution is 2.31. The molecule has 5 nitrogen and oxygen atoms in total. The molecule has 3 rings (SSSR count). The fourth-order valence-corrected chi connectivity index (χ4v) is 4.46. The Labute approximate surface area is 215 Å². The van der Waals surface area contributed by atoms with E-state index in [4.69, 9.17) is 9.47 Å². The van der Waals surface area contributed by atoms with Crippen LogP contribution in [0.2, 0.25) is 0 Å². The molecule has 3 aromatic carbocycles. The summed E-state index contributed by atoms with van der Waals surface area (Å²) >= 11 is 5.85. The Morgan fingerprint density at radius 3 is 2.55 bits per heavy atom. The zero-order valence-electron chi connectivity index (χ0n) is 18.2. The van der Waals surface area contributed by atoms with Crippen LogP contribution in [0.1, 0.15) is 23.6 Å². The molecule has 1 N–H and O–H groups in total. The number of ether oxygens (including phenoxy) is 2. The first-order valence-corrected chi connectivity index (χ1v) is 12.1. The normalized spacial score (nSPS) is 10.9. The van der Waals surface area contributed by atoms with Gasteiger partial charge in [-0.1, -0.05) is 34.1 Å². The molecule has 0 fully saturated rings. The number of methoxy groups -OCH3 is 1. The van der Waals surface area contributed by atoms with E-state index in [1.165, 1.54) is 0 Å². The fourth-order valence-electron chi connectivity index (χ4n) is 3.22. The lowest BCUT2D eigenvalue weighted by Gasteiger charge is -2.13. The summed E-state index contributed by atoms with van der Waals surface area (Å²) in [5.41, 5.74) is 3.48. The van der Waals surface area contributed by atoms with Crippen LogP contribution in [0, 0.1) is 14.9 Å². The summed E-state index contributed by atoms with van der Waals surface area (Å²) in [7, 11) is 1.62. The smallest absolute Gasteiger partial charge is 0.266 e. The predicted molar refractivity (Wildman–Crippen MR) is 142 cm³/mol. The average Bonchev–Trinajstić information content (AvgIpc) is 2.81. The van der Waals surface area contributed by atoms with E-state index in [9.17, 15) is 10.1 Å². The molecule has 3 aromatic rings. The van der Waals surface area contributed by atoms with E-state index in [0.29, 0.717) is 30.0 Å². The molecular weight excluding hydrogens is 595 g/mol. The van der Waals surface area contributed by atoms with Crippen molar-refractivity contribution < 1.29 is 14.3 Å². The summed E-state index contributed by atoms with van der Waals surface area (Å²) in [6.07, 6.45) is 2.26. The van der Waals surface area contributed by atoms with Gasteiger partial charge in [0, 0.05) is 25.7 Å². The number of rotatable bonds is 8. The number of carbonyl (C=O) groups is 1. The molecule has 0 aliphatic rings. The Balaban J connectivity index is 1.84. The van der Waals surface area contributed by atoms with Gasteiger partial charge in [0.25, 0.3) is 5.91 Å². The molecule has 1 amide bonds. The van der Waals surface area contributed by atoms with Crippen molar-refractivity contribution in [3.8, 4) is 17.6 Å². The standard InChI is InChI=1S/C26H22BrIN2O3/c1-3-33-21-10-8-20(9-11-21)30-26(31)19(16-29)12-17-13-24(28)22(25(14-17)32-2)15-18-6-4-5-7-23(18)27/h4-14H,3,15H2,1-2H3,(H,30,31)/b19-12+. The van der Waals surface area contributed by atoms with Crippen LogP contribution >= 0.6 is 38.5 Å². The Bertz CT molecular complexity index is 1220. The summed E-state index contributed by atoms with van der Waals surface area (Å²) in [4.78, 5) is 12.7. The molecule has 0 heterocycles. The SMILES string of the molecule is CCOc1ccc(NC(=O)/C(C#N)=C/c2cc(I)c(Cc3ccccc3Br)c(OC)c2)cc1. The van der Waals surface area contributed by atoms with Crippen LogP contribution in [0.4, 0.5) is 5.69 Å². The minimum absolute atomic E-state index is 0.000270. The minimum atomic E-state index is -0.479. The van der Waals surface area contributed by atoms with Crippen molar-refractivity contribution >= 4 is 56.2 Å². The number of nitriles is 1. The summed E-state index contributed by atoms with van der Waals surface area (Å²) in [5.74, 6) is 0.942. The van der Waals surface area contributed by atoms with Crippen molar-refractivity contribution in [1.82, 2.24) is 0 Å². The summed E-state index contributed by atoms with van der Waals surface area (Å²) in [5, 5.41) is 12.3. The van der Waals surface area contributed by atoms with E-state index in [1.54, 1.807) is 37.5 Å². The van der Waals surface area contributed by atoms with E-state index < -0.39 is 5.91 Å². The molecule has 7 heteroatoms. The molecule has 0 aliphatic carbocycles. The van der Waals surface area contributed by atoms with E-state index >= 15 is 0 Å². The molecule has 0 aromatic heterocycles. The summed E-state index contributed by atoms with van der Waals surface area (Å²) in [6.45, 7) is 2.47. The van der Waals surface area contributed by atoms with Crippen LogP contribution in [0.15, 0.2) is 70.7 Å². The van der Waals surface area contributed by atoms with Gasteiger partial charge in [-0.3, -0.25) is 4.79 Å². The molecule has 0 radical (unpaired) electrons. The number of anilines is 1. The van der Waals surface area contributed by atoms with Crippen molar-refractivity contribution in [2.75, 3.05) is 19.0 Å². The quantitative estimate of drug-likeness (QED) is 0.176. The molecule has 0 saturated carbocycles. The second-order valence-electron chi connectivity index (χ2n) is 7.03. The highest BCUT2D eigenvalue weighted by molar-refractivity contribution is 14.1. The number of hydrogen-bond donors (Lipinski definition) is 1. The predicted octanol–water partition coefficient (Wildman–Crippen LogP) is 6.60. The van der Waals surface area contributed by atoms with Gasteiger partial charge in [-0.05, 0) is 89.2 Å². The Morgan fingerprint density at radius 2 is 1.91 bits per heavy atom. The van der Waals surface area contributed by atoms with E-state index in [2.05, 4.69) is 49.9 Å². The van der Waals surface area contributed by atoms with Gasteiger partial charge < -0.3 is 14.8 Å². The number of nitrogens with one attached hydrogen (secondary N) is 1. The maximum Gasteiger partial charge on any atom is 0.266 e. The zero-order chi connectivity index (χ0) is 23.8. The van der Waals surface area contributed by atoms with E-state index in [-0.39, 0.29) is 5.57 Å². The molecule has 168 valence electrons. The van der Waals surface area contributed by atoms with Crippen LogP contribution in [-0.4, -0.2) is 19.6 Å². The number of hydrogen-bond acceptors (Lipinski definition) is 4. The Kier molecular flexibility index (Phi) is 8.92. The lowest BCUT2D eigenvalue weighted by Crippen LogP contribution is -2.13. The number of halogens is 2. The van der Waals surface area contributed by atoms with Crippen molar-refractivity contribution in [3.05, 3.63) is 91.0 Å². The van der Waals surface area contributed by atoms with Crippen LogP contribution in [0.3, 0.4) is 0 Å². The van der Waals surface area contributed by atoms with Gasteiger partial charge in [0.1, 0.15) is 23.1 Å². The van der Waals surface area contributed by atoms with Crippen molar-refractivity contribution in [2.45, 2.75) is 13.3 Å². The summed E-state index contributed by atoms with van der Waals surface area (Å²) in [6, 6.07) is 20.8. The molecule has 0 unspecified atom stereocenters. The van der Waals surface area contributed by atoms with Crippen LogP contribution in [0.5, 0.6) is 11.5 Å². The number of amides is 1. The average molecular weight is 617 g/mol. The Morgan fingerprint density at radius 1 is 1.18 bits per heavy atom. The lowest BCUT2D eigenvalue weighted by atomic mass is 10.0. The third kappa shape index (κ3) is 6.59. The third-order valence-corrected chi connectivity index (χ3v) is 6.56. The molecule has 0 spiro atoms. The monoisotopic (exact) mass is 616 g/mol. The van der Waals surface area contributed by atoms with Crippen LogP contribution in [-0.2, 0) is 11.2 Å². The maximum atomic E-state index is 12.7. The van der Waals surface area contributed by atoms with Gasteiger partial charge in [-0.2, -0.15) is 5.26 Å². The van der Waals surface area contributed by atoms with E-state index in [0.717, 1.165) is 24.9 Å². The summed E-state index contributed by atoms with van der Waals surface area (Å²) < 4.78 is 13.1. The van der Waals surface area contributed by atoms with Crippen LogP contribution in [0.25, 0.3) is 6.08 Å². The third-order valence-electron chi connectivity index (χ3n) is 4.82. The molecule has 0 aliphatic heterocycles. The van der Waals surface area contributed by atoms with E-state index in [1.807, 2.05) is 43.3 Å². The molecule has 0 saturated heterocycles. The topological polar surface area (TPSA) is 71.3 Å².